The Morgan fingerprint density at radius 3 is 1.65 bits per heavy atom. The van der Waals surface area contributed by atoms with Gasteiger partial charge in [0.15, 0.2) is 5.82 Å². The molecule has 314 valence electrons. The van der Waals surface area contributed by atoms with Gasteiger partial charge >= 0.3 is 12.2 Å². The van der Waals surface area contributed by atoms with Crippen molar-refractivity contribution in [2.45, 2.75) is 49.9 Å². The zero-order valence-corrected chi connectivity index (χ0v) is 34.2. The van der Waals surface area contributed by atoms with Crippen molar-refractivity contribution in [2.75, 3.05) is 27.3 Å². The molecule has 2 aliphatic rings. The first-order valence-electron chi connectivity index (χ1n) is 20.4. The molecule has 62 heavy (non-hydrogen) atoms. The maximum Gasteiger partial charge on any atom is 0.407 e. The molecule has 2 aromatic heterocycles. The smallest absolute Gasteiger partial charge is 0.407 e. The van der Waals surface area contributed by atoms with Gasteiger partial charge in [-0.05, 0) is 78.8 Å². The predicted octanol–water partition coefficient (Wildman–Crippen LogP) is 6.78. The number of H-pyrrole nitrogens is 2. The van der Waals surface area contributed by atoms with Crippen molar-refractivity contribution in [2.24, 2.45) is 0 Å². The summed E-state index contributed by atoms with van der Waals surface area (Å²) in [5, 5.41) is 12.9. The fraction of sp³-hybridized carbons (Fsp3) is 0.255. The summed E-state index contributed by atoms with van der Waals surface area (Å²) in [6.45, 7) is 1.06. The van der Waals surface area contributed by atoms with Crippen LogP contribution in [-0.2, 0) is 19.1 Å². The summed E-state index contributed by atoms with van der Waals surface area (Å²) in [4.78, 5) is 68.5. The van der Waals surface area contributed by atoms with Crippen molar-refractivity contribution >= 4 is 24.0 Å². The Kier molecular flexibility index (Phi) is 12.4. The van der Waals surface area contributed by atoms with Crippen LogP contribution >= 0.6 is 0 Å². The van der Waals surface area contributed by atoms with E-state index in [0.29, 0.717) is 48.1 Å². The normalized spacial score (nSPS) is 16.7. The van der Waals surface area contributed by atoms with Crippen molar-refractivity contribution in [1.29, 1.82) is 0 Å². The molecule has 4 heterocycles. The molecule has 0 bridgehead atoms. The number of imidazole rings is 1. The summed E-state index contributed by atoms with van der Waals surface area (Å²) in [5.74, 6) is 7.75. The van der Waals surface area contributed by atoms with Crippen LogP contribution in [0.3, 0.4) is 0 Å². The molecule has 8 rings (SSSR count). The fourth-order valence-corrected chi connectivity index (χ4v) is 7.97. The van der Waals surface area contributed by atoms with Gasteiger partial charge in [-0.1, -0.05) is 84.6 Å². The summed E-state index contributed by atoms with van der Waals surface area (Å²) < 4.78 is 9.63. The highest BCUT2D eigenvalue weighted by molar-refractivity contribution is 5.88. The molecule has 2 fully saturated rings. The number of alkyl carbamates (subject to hydrolysis) is 2. The van der Waals surface area contributed by atoms with Gasteiger partial charge in [0.2, 0.25) is 0 Å². The Balaban J connectivity index is 0.901. The maximum atomic E-state index is 13.9. The monoisotopic (exact) mass is 831 g/mol. The number of nitrogens with one attached hydrogen (secondary N) is 4. The predicted molar refractivity (Wildman–Crippen MR) is 229 cm³/mol. The van der Waals surface area contributed by atoms with Gasteiger partial charge in [0.25, 0.3) is 11.8 Å². The first-order chi connectivity index (χ1) is 30.3. The van der Waals surface area contributed by atoms with E-state index in [4.69, 9.17) is 14.5 Å². The zero-order chi connectivity index (χ0) is 43.0. The van der Waals surface area contributed by atoms with Crippen LogP contribution in [0.5, 0.6) is 0 Å². The van der Waals surface area contributed by atoms with E-state index in [1.165, 1.54) is 14.2 Å². The van der Waals surface area contributed by atoms with E-state index in [9.17, 15) is 19.2 Å². The minimum atomic E-state index is -0.907. The van der Waals surface area contributed by atoms with Crippen LogP contribution in [-0.4, -0.2) is 86.3 Å². The zero-order valence-electron chi connectivity index (χ0n) is 34.2. The molecule has 0 spiro atoms. The minimum Gasteiger partial charge on any atom is -0.453 e. The van der Waals surface area contributed by atoms with E-state index < -0.39 is 24.3 Å². The largest absolute Gasteiger partial charge is 0.453 e. The number of aromatic nitrogens is 5. The molecule has 0 unspecified atom stereocenters. The molecule has 4 atom stereocenters. The second-order valence-electron chi connectivity index (χ2n) is 15.0. The second kappa shape index (κ2) is 18.7. The molecule has 0 aliphatic carbocycles. The molecule has 2 saturated heterocycles. The molecular formula is C47H45N9O6. The van der Waals surface area contributed by atoms with Crippen LogP contribution in [0.25, 0.3) is 22.6 Å². The molecular weight excluding hydrogens is 787 g/mol. The van der Waals surface area contributed by atoms with Gasteiger partial charge in [-0.2, -0.15) is 5.10 Å². The van der Waals surface area contributed by atoms with Gasteiger partial charge in [-0.3, -0.25) is 14.7 Å². The number of ether oxygens (including phenoxy) is 2. The average molecular weight is 832 g/mol. The molecule has 4 N–H and O–H groups in total. The van der Waals surface area contributed by atoms with Gasteiger partial charge in [-0.15, -0.1) is 0 Å². The number of hydrogen-bond acceptors (Lipinski definition) is 9. The summed E-state index contributed by atoms with van der Waals surface area (Å²) in [6, 6.07) is 31.3. The molecule has 2 aliphatic heterocycles. The Labute approximate surface area is 358 Å². The van der Waals surface area contributed by atoms with Crippen molar-refractivity contribution in [3.63, 3.8) is 0 Å². The first kappa shape index (κ1) is 41.0. The number of hydrogen-bond donors (Lipinski definition) is 4. The van der Waals surface area contributed by atoms with Crippen LogP contribution in [0.2, 0.25) is 0 Å². The van der Waals surface area contributed by atoms with Crippen LogP contribution in [0.15, 0.2) is 115 Å². The number of carbonyl (C=O) groups excluding carboxylic acids is 4. The Morgan fingerprint density at radius 1 is 0.661 bits per heavy atom. The van der Waals surface area contributed by atoms with Crippen LogP contribution in [0.1, 0.15) is 83.8 Å². The van der Waals surface area contributed by atoms with Gasteiger partial charge in [0.05, 0.1) is 38.2 Å². The van der Waals surface area contributed by atoms with Crippen molar-refractivity contribution in [3.8, 4) is 34.5 Å². The lowest BCUT2D eigenvalue weighted by molar-refractivity contribution is -0.135. The lowest BCUT2D eigenvalue weighted by atomic mass is 10.1. The Morgan fingerprint density at radius 2 is 1.15 bits per heavy atom. The summed E-state index contributed by atoms with van der Waals surface area (Å²) in [5.41, 5.74) is 5.52. The number of likely N-dealkylation sites (tertiary alicyclic amines) is 2. The standard InChI is InChI=1S/C47H45N9O6/c1-61-46(59)50-39(33-11-5-3-6-12-33)44(57)55-27-9-15-37(55)42-48-29-36(49-42)32-23-19-30(20-24-32)17-18-31-21-25-35(26-22-31)41-52-43(54-53-41)38-16-10-28-56(38)45(58)40(51-47(60)62-2)34-13-7-4-8-14-34/h3-8,11-14,19-26,29,37-40H,9-10,15-16,27-28H2,1-2H3,(H,48,49)(H,50,59)(H,51,60)(H,52,53,54)/t37-,38-,39+,40+/m0/s1. The van der Waals surface area contributed by atoms with Crippen molar-refractivity contribution < 1.29 is 28.7 Å². The summed E-state index contributed by atoms with van der Waals surface area (Å²) in [7, 11) is 2.54. The molecule has 6 aromatic rings. The van der Waals surface area contributed by atoms with E-state index in [1.807, 2.05) is 97.1 Å². The highest BCUT2D eigenvalue weighted by atomic mass is 16.5. The first-order valence-corrected chi connectivity index (χ1v) is 20.4. The lowest BCUT2D eigenvalue weighted by Crippen LogP contribution is -2.42. The third kappa shape index (κ3) is 9.04. The Bertz CT molecular complexity index is 2410. The van der Waals surface area contributed by atoms with Crippen LogP contribution < -0.4 is 10.6 Å². The SMILES string of the molecule is COC(=O)N[C@@H](C(=O)N1CCC[C@H]1c1nc(-c2ccc(C#Cc3ccc(-c4cnc([C@@H]5CCCN5C(=O)[C@H](NC(=O)OC)c5ccccc5)[nH]4)cc3)cc2)n[nH]1)c1ccccc1. The van der Waals surface area contributed by atoms with E-state index in [0.717, 1.165) is 47.2 Å². The minimum absolute atomic E-state index is 0.224. The number of nitrogens with zero attached hydrogens (tertiary/aromatic N) is 5. The number of methoxy groups -OCH3 is 2. The number of aromatic amines is 2. The highest BCUT2D eigenvalue weighted by Gasteiger charge is 2.38. The molecule has 0 radical (unpaired) electrons. The second-order valence-corrected chi connectivity index (χ2v) is 15.0. The van der Waals surface area contributed by atoms with E-state index in [2.05, 4.69) is 42.6 Å². The highest BCUT2D eigenvalue weighted by Crippen LogP contribution is 2.35. The number of carbonyl (C=O) groups is 4. The van der Waals surface area contributed by atoms with Gasteiger partial charge < -0.3 is 34.9 Å². The van der Waals surface area contributed by atoms with Gasteiger partial charge in [-0.25, -0.2) is 19.6 Å². The van der Waals surface area contributed by atoms with Crippen molar-refractivity contribution in [3.05, 3.63) is 149 Å². The van der Waals surface area contributed by atoms with E-state index >= 15 is 0 Å². The third-order valence-corrected chi connectivity index (χ3v) is 11.1. The average Bonchev–Trinajstić information content (AvgIpc) is 4.17. The molecule has 15 heteroatoms. The van der Waals surface area contributed by atoms with E-state index in [-0.39, 0.29) is 23.9 Å². The molecule has 15 nitrogen and oxygen atoms in total. The third-order valence-electron chi connectivity index (χ3n) is 11.1. The summed E-state index contributed by atoms with van der Waals surface area (Å²) in [6.07, 6.45) is 3.44. The molecule has 0 saturated carbocycles. The topological polar surface area (TPSA) is 188 Å². The van der Waals surface area contributed by atoms with Gasteiger partial charge in [0, 0.05) is 29.8 Å². The number of amides is 4. The van der Waals surface area contributed by atoms with Gasteiger partial charge in [0.1, 0.15) is 23.7 Å². The lowest BCUT2D eigenvalue weighted by Gasteiger charge is -2.28. The number of rotatable bonds is 10. The van der Waals surface area contributed by atoms with Crippen molar-refractivity contribution in [1.82, 2.24) is 45.6 Å². The maximum absolute atomic E-state index is 13.9. The Hall–Kier alpha value is -7.73. The summed E-state index contributed by atoms with van der Waals surface area (Å²) >= 11 is 0. The van der Waals surface area contributed by atoms with Crippen LogP contribution in [0, 0.1) is 11.8 Å². The fourth-order valence-electron chi connectivity index (χ4n) is 7.97. The molecule has 4 aromatic carbocycles. The van der Waals surface area contributed by atoms with E-state index in [1.54, 1.807) is 28.1 Å². The molecule has 4 amide bonds. The quantitative estimate of drug-likeness (QED) is 0.108. The van der Waals surface area contributed by atoms with Crippen LogP contribution in [0.4, 0.5) is 9.59 Å². The number of benzene rings is 4.